The van der Waals surface area contributed by atoms with Gasteiger partial charge in [0.1, 0.15) is 12.2 Å². The third kappa shape index (κ3) is 2.81. The van der Waals surface area contributed by atoms with Gasteiger partial charge >= 0.3 is 0 Å². The van der Waals surface area contributed by atoms with Gasteiger partial charge in [-0.1, -0.05) is 30.3 Å². The smallest absolute Gasteiger partial charge is 0.188 e. The standard InChI is InChI=1S/C18H24O5/c1-17(2)19-10-12(21-17)14-13(11-8-6-5-7-9-11)15-16(20-14)23-18(3,4)22-15/h5-9,12-16H,10H2,1-4H3/t12?,13-,14-,15-,16-/m1/s1. The molecule has 1 unspecified atom stereocenters. The first-order valence-electron chi connectivity index (χ1n) is 8.22. The molecule has 0 saturated carbocycles. The molecule has 3 aliphatic rings. The van der Waals surface area contributed by atoms with Crippen molar-refractivity contribution >= 4 is 0 Å². The van der Waals surface area contributed by atoms with Gasteiger partial charge in [-0.25, -0.2) is 0 Å². The third-order valence-corrected chi connectivity index (χ3v) is 4.67. The van der Waals surface area contributed by atoms with Crippen molar-refractivity contribution in [1.82, 2.24) is 0 Å². The second-order valence-corrected chi connectivity index (χ2v) is 7.37. The van der Waals surface area contributed by atoms with Crippen LogP contribution in [0.5, 0.6) is 0 Å². The molecule has 0 bridgehead atoms. The van der Waals surface area contributed by atoms with Gasteiger partial charge in [-0.15, -0.1) is 0 Å². The number of hydrogen-bond donors (Lipinski definition) is 0. The number of ether oxygens (including phenoxy) is 5. The molecule has 4 rings (SSSR count). The average molecular weight is 320 g/mol. The van der Waals surface area contributed by atoms with Crippen LogP contribution in [0.4, 0.5) is 0 Å². The maximum atomic E-state index is 6.21. The van der Waals surface area contributed by atoms with Crippen LogP contribution in [0.3, 0.4) is 0 Å². The van der Waals surface area contributed by atoms with Crippen molar-refractivity contribution in [3.05, 3.63) is 35.9 Å². The Morgan fingerprint density at radius 3 is 2.26 bits per heavy atom. The van der Waals surface area contributed by atoms with E-state index in [0.717, 1.165) is 0 Å². The van der Waals surface area contributed by atoms with Gasteiger partial charge in [0.15, 0.2) is 17.9 Å². The first kappa shape index (κ1) is 15.5. The highest BCUT2D eigenvalue weighted by atomic mass is 16.8. The molecule has 0 aliphatic carbocycles. The van der Waals surface area contributed by atoms with Crippen LogP contribution in [-0.2, 0) is 23.7 Å². The Morgan fingerprint density at radius 1 is 0.870 bits per heavy atom. The molecule has 1 aromatic carbocycles. The van der Waals surface area contributed by atoms with E-state index in [0.29, 0.717) is 6.61 Å². The summed E-state index contributed by atoms with van der Waals surface area (Å²) in [7, 11) is 0. The molecule has 1 aromatic rings. The first-order chi connectivity index (χ1) is 10.8. The van der Waals surface area contributed by atoms with Gasteiger partial charge < -0.3 is 23.7 Å². The second kappa shape index (κ2) is 5.26. The minimum absolute atomic E-state index is 0.0606. The second-order valence-electron chi connectivity index (χ2n) is 7.37. The van der Waals surface area contributed by atoms with Crippen molar-refractivity contribution < 1.29 is 23.7 Å². The Hall–Kier alpha value is -0.980. The molecule has 126 valence electrons. The molecular formula is C18H24O5. The molecule has 0 radical (unpaired) electrons. The van der Waals surface area contributed by atoms with Crippen LogP contribution in [-0.4, -0.2) is 42.8 Å². The summed E-state index contributed by atoms with van der Waals surface area (Å²) in [4.78, 5) is 0. The van der Waals surface area contributed by atoms with Crippen LogP contribution < -0.4 is 0 Å². The SMILES string of the molecule is CC1(C)OCC([C@H]2O[C@@H]3OC(C)(C)O[C@@H]3[C@@H]2c2ccccc2)O1. The summed E-state index contributed by atoms with van der Waals surface area (Å²) < 4.78 is 30.0. The van der Waals surface area contributed by atoms with Gasteiger partial charge in [0.25, 0.3) is 0 Å². The molecule has 5 heteroatoms. The summed E-state index contributed by atoms with van der Waals surface area (Å²) in [5, 5.41) is 0. The molecule has 3 heterocycles. The van der Waals surface area contributed by atoms with E-state index < -0.39 is 11.6 Å². The molecule has 23 heavy (non-hydrogen) atoms. The average Bonchev–Trinajstić information content (AvgIpc) is 3.08. The van der Waals surface area contributed by atoms with Crippen molar-refractivity contribution in [3.8, 4) is 0 Å². The first-order valence-corrected chi connectivity index (χ1v) is 8.22. The third-order valence-electron chi connectivity index (χ3n) is 4.67. The molecule has 0 aromatic heterocycles. The fourth-order valence-corrected chi connectivity index (χ4v) is 3.78. The Kier molecular flexibility index (Phi) is 3.55. The maximum absolute atomic E-state index is 6.21. The summed E-state index contributed by atoms with van der Waals surface area (Å²) in [6.07, 6.45) is -0.779. The quantitative estimate of drug-likeness (QED) is 0.838. The van der Waals surface area contributed by atoms with Gasteiger partial charge in [0, 0.05) is 5.92 Å². The van der Waals surface area contributed by atoms with Gasteiger partial charge in [-0.05, 0) is 33.3 Å². The van der Waals surface area contributed by atoms with Gasteiger partial charge in [0.05, 0.1) is 12.7 Å². The van der Waals surface area contributed by atoms with Gasteiger partial charge in [-0.2, -0.15) is 0 Å². The summed E-state index contributed by atoms with van der Waals surface area (Å²) >= 11 is 0. The normalized spacial score (nSPS) is 41.1. The van der Waals surface area contributed by atoms with E-state index in [-0.39, 0.29) is 30.5 Å². The van der Waals surface area contributed by atoms with Crippen LogP contribution in [0.1, 0.15) is 39.2 Å². The van der Waals surface area contributed by atoms with Crippen molar-refractivity contribution in [1.29, 1.82) is 0 Å². The fourth-order valence-electron chi connectivity index (χ4n) is 3.78. The molecule has 5 nitrogen and oxygen atoms in total. The lowest BCUT2D eigenvalue weighted by Crippen LogP contribution is -2.38. The topological polar surface area (TPSA) is 46.2 Å². The van der Waals surface area contributed by atoms with E-state index in [1.807, 2.05) is 45.9 Å². The number of hydrogen-bond acceptors (Lipinski definition) is 5. The molecule has 0 amide bonds. The zero-order valence-corrected chi connectivity index (χ0v) is 14.0. The lowest BCUT2D eigenvalue weighted by molar-refractivity contribution is -0.223. The van der Waals surface area contributed by atoms with Crippen molar-refractivity contribution in [2.75, 3.05) is 6.61 Å². The summed E-state index contributed by atoms with van der Waals surface area (Å²) in [6, 6.07) is 10.3. The fraction of sp³-hybridized carbons (Fsp3) is 0.667. The highest BCUT2D eigenvalue weighted by Crippen LogP contribution is 2.47. The monoisotopic (exact) mass is 320 g/mol. The van der Waals surface area contributed by atoms with E-state index in [1.165, 1.54) is 5.56 Å². The van der Waals surface area contributed by atoms with Gasteiger partial charge in [-0.3, -0.25) is 0 Å². The zero-order chi connectivity index (χ0) is 16.2. The highest BCUT2D eigenvalue weighted by Gasteiger charge is 2.58. The Balaban J connectivity index is 1.64. The van der Waals surface area contributed by atoms with Crippen molar-refractivity contribution in [3.63, 3.8) is 0 Å². The summed E-state index contributed by atoms with van der Waals surface area (Å²) in [5.74, 6) is -1.14. The molecular weight excluding hydrogens is 296 g/mol. The number of rotatable bonds is 2. The number of fused-ring (bicyclic) bond motifs is 1. The highest BCUT2D eigenvalue weighted by molar-refractivity contribution is 5.25. The largest absolute Gasteiger partial charge is 0.348 e. The summed E-state index contributed by atoms with van der Waals surface area (Å²) in [6.45, 7) is 8.21. The van der Waals surface area contributed by atoms with E-state index >= 15 is 0 Å². The Bertz CT molecular complexity index is 570. The van der Waals surface area contributed by atoms with Crippen LogP contribution in [0.2, 0.25) is 0 Å². The van der Waals surface area contributed by atoms with Crippen molar-refractivity contribution in [2.24, 2.45) is 0 Å². The lowest BCUT2D eigenvalue weighted by Gasteiger charge is -2.29. The van der Waals surface area contributed by atoms with Gasteiger partial charge in [0.2, 0.25) is 0 Å². The molecule has 3 aliphatic heterocycles. The van der Waals surface area contributed by atoms with Crippen LogP contribution in [0, 0.1) is 0 Å². The molecule has 5 atom stereocenters. The minimum atomic E-state index is -0.625. The molecule has 3 saturated heterocycles. The van der Waals surface area contributed by atoms with E-state index in [4.69, 9.17) is 23.7 Å². The zero-order valence-electron chi connectivity index (χ0n) is 14.0. The predicted octanol–water partition coefficient (Wildman–Crippen LogP) is 2.80. The Morgan fingerprint density at radius 2 is 1.61 bits per heavy atom. The van der Waals surface area contributed by atoms with Crippen molar-refractivity contribution in [2.45, 2.75) is 69.8 Å². The molecule has 3 fully saturated rings. The Labute approximate surface area is 136 Å². The van der Waals surface area contributed by atoms with E-state index in [9.17, 15) is 0 Å². The minimum Gasteiger partial charge on any atom is -0.348 e. The van der Waals surface area contributed by atoms with Crippen LogP contribution in [0.25, 0.3) is 0 Å². The number of benzene rings is 1. The van der Waals surface area contributed by atoms with E-state index in [2.05, 4.69) is 12.1 Å². The summed E-state index contributed by atoms with van der Waals surface area (Å²) in [5.41, 5.74) is 1.18. The lowest BCUT2D eigenvalue weighted by atomic mass is 9.87. The molecule has 0 N–H and O–H groups in total. The predicted molar refractivity (Wildman–Crippen MR) is 82.8 cm³/mol. The van der Waals surface area contributed by atoms with Crippen LogP contribution in [0.15, 0.2) is 30.3 Å². The maximum Gasteiger partial charge on any atom is 0.188 e. The van der Waals surface area contributed by atoms with E-state index in [1.54, 1.807) is 0 Å². The molecule has 0 spiro atoms. The van der Waals surface area contributed by atoms with Crippen LogP contribution >= 0.6 is 0 Å².